The third-order valence-electron chi connectivity index (χ3n) is 1.89. The van der Waals surface area contributed by atoms with E-state index in [9.17, 15) is 0 Å². The molecule has 4 heteroatoms. The first-order valence-corrected chi connectivity index (χ1v) is 2.93. The van der Waals surface area contributed by atoms with Crippen LogP contribution in [0.3, 0.4) is 0 Å². The minimum absolute atomic E-state index is 0. The van der Waals surface area contributed by atoms with Crippen LogP contribution in [0.2, 0.25) is 0 Å². The van der Waals surface area contributed by atoms with Crippen molar-refractivity contribution >= 4 is 34.0 Å². The summed E-state index contributed by atoms with van der Waals surface area (Å²) in [5.41, 5.74) is 3.29. The summed E-state index contributed by atoms with van der Waals surface area (Å²) in [7, 11) is 0. The molecule has 2 fully saturated rings. The molecule has 2 aliphatic heterocycles. The van der Waals surface area contributed by atoms with E-state index in [1.54, 1.807) is 0 Å². The van der Waals surface area contributed by atoms with Gasteiger partial charge in [-0.2, -0.15) is 0 Å². The average Bonchev–Trinajstić information content (AvgIpc) is 2.22. The number of halogens is 2. The van der Waals surface area contributed by atoms with Crippen LogP contribution in [-0.4, -0.2) is 24.6 Å². The van der Waals surface area contributed by atoms with E-state index in [-0.39, 0.29) is 34.0 Å². The van der Waals surface area contributed by atoms with Crippen LogP contribution < -0.4 is 5.43 Å². The molecule has 2 saturated heterocycles. The fourth-order valence-corrected chi connectivity index (χ4v) is 1.40. The number of nitrogens with one attached hydrogen (secondary N) is 1. The van der Waals surface area contributed by atoms with E-state index in [1.165, 1.54) is 26.1 Å². The van der Waals surface area contributed by atoms with Crippen molar-refractivity contribution in [1.82, 2.24) is 10.4 Å². The molecule has 1 N–H and O–H groups in total. The van der Waals surface area contributed by atoms with Crippen LogP contribution in [0, 0.1) is 5.92 Å². The van der Waals surface area contributed by atoms with Gasteiger partial charge in [-0.05, 0) is 12.3 Å². The first-order valence-electron chi connectivity index (χ1n) is 2.93. The van der Waals surface area contributed by atoms with Crippen LogP contribution in [0.1, 0.15) is 6.42 Å². The molecule has 9 heavy (non-hydrogen) atoms. The normalized spacial score (nSPS) is 37.3. The quantitative estimate of drug-likeness (QED) is 0.698. The molecule has 2 bridgehead atoms. The maximum Gasteiger partial charge on any atom is 0.0172 e. The van der Waals surface area contributed by atoms with Crippen LogP contribution >= 0.6 is 34.0 Å². The van der Waals surface area contributed by atoms with Crippen LogP contribution in [0.25, 0.3) is 0 Å². The molecular weight excluding hydrogens is 248 g/mol. The maximum atomic E-state index is 3.29. The monoisotopic (exact) mass is 258 g/mol. The Morgan fingerprint density at radius 1 is 1.33 bits per heavy atom. The largest absolute Gasteiger partial charge is 0.255 e. The highest BCUT2D eigenvalue weighted by molar-refractivity contribution is 8.93. The van der Waals surface area contributed by atoms with Crippen molar-refractivity contribution in [2.24, 2.45) is 5.92 Å². The second-order valence-electron chi connectivity index (χ2n) is 2.46. The first-order chi connectivity index (χ1) is 3.45. The van der Waals surface area contributed by atoms with Gasteiger partial charge in [-0.1, -0.05) is 0 Å². The fraction of sp³-hybridized carbons (Fsp3) is 1.00. The molecule has 0 radical (unpaired) electrons. The number of rotatable bonds is 0. The van der Waals surface area contributed by atoms with Crippen molar-refractivity contribution in [2.45, 2.75) is 6.42 Å². The van der Waals surface area contributed by atoms with Crippen molar-refractivity contribution in [2.75, 3.05) is 19.6 Å². The lowest BCUT2D eigenvalue weighted by Crippen LogP contribution is -2.31. The van der Waals surface area contributed by atoms with Gasteiger partial charge in [-0.25, -0.2) is 5.01 Å². The summed E-state index contributed by atoms with van der Waals surface area (Å²) in [5.74, 6) is 0.986. The van der Waals surface area contributed by atoms with Crippen molar-refractivity contribution in [3.05, 3.63) is 0 Å². The topological polar surface area (TPSA) is 15.3 Å². The zero-order valence-electron chi connectivity index (χ0n) is 5.17. The van der Waals surface area contributed by atoms with Gasteiger partial charge in [0.1, 0.15) is 0 Å². The summed E-state index contributed by atoms with van der Waals surface area (Å²) in [6.07, 6.45) is 1.42. The highest BCUT2D eigenvalue weighted by atomic mass is 79.9. The molecule has 0 aromatic heterocycles. The van der Waals surface area contributed by atoms with Gasteiger partial charge in [-0.15, -0.1) is 34.0 Å². The Morgan fingerprint density at radius 2 is 2.11 bits per heavy atom. The van der Waals surface area contributed by atoms with Crippen LogP contribution in [0.15, 0.2) is 0 Å². The third kappa shape index (κ3) is 1.90. The molecule has 56 valence electrons. The molecule has 0 saturated carbocycles. The molecule has 2 unspecified atom stereocenters. The molecule has 2 heterocycles. The summed E-state index contributed by atoms with van der Waals surface area (Å²) in [6, 6.07) is 0. The van der Waals surface area contributed by atoms with E-state index in [0.29, 0.717) is 0 Å². The predicted octanol–water partition coefficient (Wildman–Crippen LogP) is 0.982. The molecule has 0 aromatic carbocycles. The Hall–Kier alpha value is 0.880. The number of hydrogen-bond donors (Lipinski definition) is 1. The highest BCUT2D eigenvalue weighted by Gasteiger charge is 2.28. The van der Waals surface area contributed by atoms with E-state index in [2.05, 4.69) is 10.4 Å². The van der Waals surface area contributed by atoms with E-state index in [0.717, 1.165) is 5.92 Å². The predicted molar refractivity (Wildman–Crippen MR) is 48.3 cm³/mol. The van der Waals surface area contributed by atoms with Gasteiger partial charge in [0.05, 0.1) is 0 Å². The Labute approximate surface area is 76.5 Å². The zero-order chi connectivity index (χ0) is 4.69. The number of hydrogen-bond acceptors (Lipinski definition) is 2. The van der Waals surface area contributed by atoms with Gasteiger partial charge in [0, 0.05) is 19.6 Å². The summed E-state index contributed by atoms with van der Waals surface area (Å²) in [6.45, 7) is 3.82. The standard InChI is InChI=1S/C5H10N2.2BrH/c1-2-7-4-5(1)3-6-7;;/h5-6H,1-4H2;2*1H. The lowest BCUT2D eigenvalue weighted by atomic mass is 10.1. The van der Waals surface area contributed by atoms with Crippen LogP contribution in [0.4, 0.5) is 0 Å². The van der Waals surface area contributed by atoms with E-state index in [1.807, 2.05) is 0 Å². The molecule has 2 atom stereocenters. The molecule has 0 aliphatic carbocycles. The van der Waals surface area contributed by atoms with Gasteiger partial charge in [0.15, 0.2) is 0 Å². The SMILES string of the molecule is Br.Br.C1CN2CC1CN2. The van der Waals surface area contributed by atoms with Crippen molar-refractivity contribution in [1.29, 1.82) is 0 Å². The van der Waals surface area contributed by atoms with Gasteiger partial charge >= 0.3 is 0 Å². The van der Waals surface area contributed by atoms with Crippen LogP contribution in [0.5, 0.6) is 0 Å². The number of fused-ring (bicyclic) bond motifs is 2. The lowest BCUT2D eigenvalue weighted by molar-refractivity contribution is 0.270. The summed E-state index contributed by atoms with van der Waals surface area (Å²) in [5, 5.41) is 2.31. The third-order valence-corrected chi connectivity index (χ3v) is 1.89. The molecule has 2 nitrogen and oxygen atoms in total. The summed E-state index contributed by atoms with van der Waals surface area (Å²) >= 11 is 0. The molecule has 2 rings (SSSR count). The zero-order valence-corrected chi connectivity index (χ0v) is 8.60. The van der Waals surface area contributed by atoms with Crippen molar-refractivity contribution in [3.63, 3.8) is 0 Å². The second kappa shape index (κ2) is 3.91. The summed E-state index contributed by atoms with van der Waals surface area (Å²) < 4.78 is 0. The van der Waals surface area contributed by atoms with E-state index < -0.39 is 0 Å². The highest BCUT2D eigenvalue weighted by Crippen LogP contribution is 2.18. The van der Waals surface area contributed by atoms with Crippen molar-refractivity contribution < 1.29 is 0 Å². The first kappa shape index (κ1) is 9.88. The summed E-state index contributed by atoms with van der Waals surface area (Å²) in [4.78, 5) is 0. The minimum atomic E-state index is 0. The van der Waals surface area contributed by atoms with E-state index >= 15 is 0 Å². The Morgan fingerprint density at radius 3 is 2.22 bits per heavy atom. The van der Waals surface area contributed by atoms with Gasteiger partial charge in [0.2, 0.25) is 0 Å². The minimum Gasteiger partial charge on any atom is -0.255 e. The van der Waals surface area contributed by atoms with E-state index in [4.69, 9.17) is 0 Å². The molecule has 0 aromatic rings. The van der Waals surface area contributed by atoms with Gasteiger partial charge < -0.3 is 0 Å². The molecule has 0 spiro atoms. The maximum absolute atomic E-state index is 3.29. The average molecular weight is 260 g/mol. The smallest absolute Gasteiger partial charge is 0.0172 e. The number of nitrogens with zero attached hydrogens (tertiary/aromatic N) is 1. The molecule has 2 aliphatic rings. The Bertz CT molecular complexity index is 71.0. The molecular formula is C5H12Br2N2. The lowest BCUT2D eigenvalue weighted by Gasteiger charge is -2.11. The number of hydrazine groups is 1. The van der Waals surface area contributed by atoms with Crippen molar-refractivity contribution in [3.8, 4) is 0 Å². The Balaban J connectivity index is 0.000000320. The van der Waals surface area contributed by atoms with Crippen LogP contribution in [-0.2, 0) is 0 Å². The second-order valence-corrected chi connectivity index (χ2v) is 2.46. The van der Waals surface area contributed by atoms with Gasteiger partial charge in [-0.3, -0.25) is 5.43 Å². The fourth-order valence-electron chi connectivity index (χ4n) is 1.40. The Kier molecular flexibility index (Phi) is 4.29. The van der Waals surface area contributed by atoms with Gasteiger partial charge in [0.25, 0.3) is 0 Å². The molecule has 0 amide bonds.